The van der Waals surface area contributed by atoms with Crippen molar-refractivity contribution in [2.24, 2.45) is 0 Å². The molecule has 2 saturated heterocycles. The number of anilines is 1. The van der Waals surface area contributed by atoms with E-state index in [4.69, 9.17) is 4.98 Å². The SMILES string of the molecule is O=C(c1csc(C2CCN(C(=O)N3CCN(c4ccccn4)CC3)CC2)n1)N1CCc2ccccc2C1. The number of piperazine rings is 1. The molecule has 6 rings (SSSR count). The zero-order valence-corrected chi connectivity index (χ0v) is 21.8. The molecule has 37 heavy (non-hydrogen) atoms. The predicted octanol–water partition coefficient (Wildman–Crippen LogP) is 3.86. The van der Waals surface area contributed by atoms with E-state index in [0.29, 0.717) is 31.2 Å². The summed E-state index contributed by atoms with van der Waals surface area (Å²) in [6, 6.07) is 14.4. The molecule has 5 heterocycles. The van der Waals surface area contributed by atoms with Gasteiger partial charge >= 0.3 is 6.03 Å². The van der Waals surface area contributed by atoms with Gasteiger partial charge in [-0.3, -0.25) is 4.79 Å². The van der Waals surface area contributed by atoms with Gasteiger partial charge in [-0.05, 0) is 42.5 Å². The lowest BCUT2D eigenvalue weighted by Gasteiger charge is -2.39. The third-order valence-electron chi connectivity index (χ3n) is 7.80. The molecule has 2 aromatic heterocycles. The molecule has 0 saturated carbocycles. The maximum atomic E-state index is 13.2. The van der Waals surface area contributed by atoms with Crippen molar-refractivity contribution in [3.8, 4) is 0 Å². The van der Waals surface area contributed by atoms with E-state index in [9.17, 15) is 9.59 Å². The van der Waals surface area contributed by atoms with E-state index < -0.39 is 0 Å². The fraction of sp³-hybridized carbons (Fsp3) is 0.429. The summed E-state index contributed by atoms with van der Waals surface area (Å²) >= 11 is 1.59. The molecule has 0 aliphatic carbocycles. The highest BCUT2D eigenvalue weighted by atomic mass is 32.1. The van der Waals surface area contributed by atoms with Crippen LogP contribution in [0.5, 0.6) is 0 Å². The molecule has 2 fully saturated rings. The lowest BCUT2D eigenvalue weighted by molar-refractivity contribution is 0.0729. The van der Waals surface area contributed by atoms with Gasteiger partial charge in [-0.15, -0.1) is 11.3 Å². The van der Waals surface area contributed by atoms with E-state index in [1.165, 1.54) is 11.1 Å². The average molecular weight is 517 g/mol. The van der Waals surface area contributed by atoms with Crippen LogP contribution in [0.25, 0.3) is 0 Å². The Morgan fingerprint density at radius 1 is 0.811 bits per heavy atom. The number of thiazole rings is 1. The van der Waals surface area contributed by atoms with Crippen molar-refractivity contribution >= 4 is 29.1 Å². The highest BCUT2D eigenvalue weighted by Gasteiger charge is 2.31. The number of piperidine rings is 1. The van der Waals surface area contributed by atoms with Crippen molar-refractivity contribution in [2.45, 2.75) is 31.7 Å². The molecule has 0 spiro atoms. The van der Waals surface area contributed by atoms with Crippen LogP contribution < -0.4 is 4.90 Å². The summed E-state index contributed by atoms with van der Waals surface area (Å²) < 4.78 is 0. The summed E-state index contributed by atoms with van der Waals surface area (Å²) in [6.07, 6.45) is 4.48. The Labute approximate surface area is 221 Å². The van der Waals surface area contributed by atoms with Gasteiger partial charge in [-0.25, -0.2) is 14.8 Å². The molecule has 0 bridgehead atoms. The van der Waals surface area contributed by atoms with E-state index >= 15 is 0 Å². The third kappa shape index (κ3) is 5.05. The molecule has 3 aliphatic rings. The van der Waals surface area contributed by atoms with Crippen LogP contribution in [0.15, 0.2) is 54.0 Å². The number of aromatic nitrogens is 2. The summed E-state index contributed by atoms with van der Waals surface area (Å²) in [4.78, 5) is 43.6. The van der Waals surface area contributed by atoms with Gasteiger partial charge in [0.05, 0.1) is 5.01 Å². The molecule has 0 atom stereocenters. The number of hydrogen-bond donors (Lipinski definition) is 0. The number of fused-ring (bicyclic) bond motifs is 1. The second-order valence-electron chi connectivity index (χ2n) is 10.0. The second-order valence-corrected chi connectivity index (χ2v) is 10.9. The molecule has 1 aromatic carbocycles. The Bertz CT molecular complexity index is 1250. The Hall–Kier alpha value is -3.46. The Kier molecular flexibility index (Phi) is 6.78. The molecular weight excluding hydrogens is 484 g/mol. The normalized spacial score (nSPS) is 18.6. The fourth-order valence-electron chi connectivity index (χ4n) is 5.59. The van der Waals surface area contributed by atoms with Crippen LogP contribution in [-0.2, 0) is 13.0 Å². The van der Waals surface area contributed by atoms with Crippen molar-refractivity contribution in [3.63, 3.8) is 0 Å². The minimum absolute atomic E-state index is 0.0226. The summed E-state index contributed by atoms with van der Waals surface area (Å²) in [6.45, 7) is 5.89. The monoisotopic (exact) mass is 516 g/mol. The lowest BCUT2D eigenvalue weighted by atomic mass is 9.97. The van der Waals surface area contributed by atoms with E-state index in [2.05, 4.69) is 28.1 Å². The first kappa shape index (κ1) is 23.9. The highest BCUT2D eigenvalue weighted by Crippen LogP contribution is 2.31. The number of carbonyl (C=O) groups is 2. The standard InChI is InChI=1S/C28H32N6O2S/c35-27(34-14-8-21-5-1-2-6-23(21)19-34)24-20-37-26(30-24)22-9-12-32(13-10-22)28(36)33-17-15-31(16-18-33)25-7-3-4-11-29-25/h1-7,11,20,22H,8-10,12-19H2. The van der Waals surface area contributed by atoms with E-state index in [-0.39, 0.29) is 11.9 Å². The minimum atomic E-state index is 0.0226. The predicted molar refractivity (Wildman–Crippen MR) is 144 cm³/mol. The van der Waals surface area contributed by atoms with Crippen molar-refractivity contribution in [2.75, 3.05) is 50.7 Å². The van der Waals surface area contributed by atoms with E-state index in [1.807, 2.05) is 50.5 Å². The Morgan fingerprint density at radius 3 is 2.30 bits per heavy atom. The third-order valence-corrected chi connectivity index (χ3v) is 8.80. The second kappa shape index (κ2) is 10.5. The van der Waals surface area contributed by atoms with Crippen molar-refractivity contribution < 1.29 is 9.59 Å². The average Bonchev–Trinajstić information content (AvgIpc) is 3.47. The maximum absolute atomic E-state index is 13.2. The summed E-state index contributed by atoms with van der Waals surface area (Å²) in [7, 11) is 0. The van der Waals surface area contributed by atoms with Crippen molar-refractivity contribution in [1.29, 1.82) is 0 Å². The van der Waals surface area contributed by atoms with Gasteiger partial charge in [0.25, 0.3) is 5.91 Å². The van der Waals surface area contributed by atoms with Crippen molar-refractivity contribution in [1.82, 2.24) is 24.7 Å². The Morgan fingerprint density at radius 2 is 1.54 bits per heavy atom. The number of hydrogen-bond acceptors (Lipinski definition) is 6. The van der Waals surface area contributed by atoms with Crippen LogP contribution in [0.4, 0.5) is 10.6 Å². The smallest absolute Gasteiger partial charge is 0.320 e. The topological polar surface area (TPSA) is 72.9 Å². The van der Waals surface area contributed by atoms with Crippen LogP contribution >= 0.6 is 11.3 Å². The number of urea groups is 1. The maximum Gasteiger partial charge on any atom is 0.320 e. The molecule has 9 heteroatoms. The summed E-state index contributed by atoms with van der Waals surface area (Å²) in [5, 5.41) is 2.94. The molecule has 0 unspecified atom stereocenters. The van der Waals surface area contributed by atoms with Crippen LogP contribution in [0.3, 0.4) is 0 Å². The number of nitrogens with zero attached hydrogens (tertiary/aromatic N) is 6. The van der Waals surface area contributed by atoms with Gasteiger partial charge in [0.15, 0.2) is 0 Å². The fourth-order valence-corrected chi connectivity index (χ4v) is 6.55. The van der Waals surface area contributed by atoms with Gasteiger partial charge < -0.3 is 19.6 Å². The van der Waals surface area contributed by atoms with E-state index in [0.717, 1.165) is 62.8 Å². The summed E-state index contributed by atoms with van der Waals surface area (Å²) in [5.41, 5.74) is 3.12. The molecule has 0 N–H and O–H groups in total. The van der Waals surface area contributed by atoms with Gasteiger partial charge in [-0.2, -0.15) is 0 Å². The zero-order chi connectivity index (χ0) is 25.2. The molecule has 8 nitrogen and oxygen atoms in total. The van der Waals surface area contributed by atoms with Gasteiger partial charge in [0, 0.05) is 69.9 Å². The Balaban J connectivity index is 1.00. The molecule has 3 amide bonds. The number of benzene rings is 1. The lowest BCUT2D eigenvalue weighted by Crippen LogP contribution is -2.54. The minimum Gasteiger partial charge on any atom is -0.353 e. The number of amides is 3. The van der Waals surface area contributed by atoms with E-state index in [1.54, 1.807) is 11.3 Å². The first-order valence-electron chi connectivity index (χ1n) is 13.2. The molecule has 3 aliphatic heterocycles. The number of carbonyl (C=O) groups excluding carboxylic acids is 2. The van der Waals surface area contributed by atoms with Gasteiger partial charge in [0.1, 0.15) is 11.5 Å². The van der Waals surface area contributed by atoms with Crippen LogP contribution in [0, 0.1) is 0 Å². The number of rotatable bonds is 3. The quantitative estimate of drug-likeness (QED) is 0.529. The van der Waals surface area contributed by atoms with Crippen molar-refractivity contribution in [3.05, 3.63) is 75.9 Å². The molecular formula is C28H32N6O2S. The van der Waals surface area contributed by atoms with Gasteiger partial charge in [-0.1, -0.05) is 30.3 Å². The zero-order valence-electron chi connectivity index (χ0n) is 21.0. The molecule has 0 radical (unpaired) electrons. The highest BCUT2D eigenvalue weighted by molar-refractivity contribution is 7.09. The van der Waals surface area contributed by atoms with Crippen LogP contribution in [0.2, 0.25) is 0 Å². The summed E-state index contributed by atoms with van der Waals surface area (Å²) in [5.74, 6) is 1.30. The van der Waals surface area contributed by atoms with Gasteiger partial charge in [0.2, 0.25) is 0 Å². The largest absolute Gasteiger partial charge is 0.353 e. The number of pyridine rings is 1. The molecule has 192 valence electrons. The first-order chi connectivity index (χ1) is 18.2. The van der Waals surface area contributed by atoms with Crippen LogP contribution in [-0.4, -0.2) is 82.4 Å². The van der Waals surface area contributed by atoms with Crippen LogP contribution in [0.1, 0.15) is 45.4 Å². The molecule has 3 aromatic rings. The first-order valence-corrected chi connectivity index (χ1v) is 14.0. The number of likely N-dealkylation sites (tertiary alicyclic amines) is 1.